The molecule has 3 atom stereocenters. The predicted molar refractivity (Wildman–Crippen MR) is 139 cm³/mol. The summed E-state index contributed by atoms with van der Waals surface area (Å²) in [5, 5.41) is 10.1. The molecule has 0 bridgehead atoms. The van der Waals surface area contributed by atoms with Crippen LogP contribution in [0.25, 0.3) is 5.65 Å². The minimum atomic E-state index is -0.713. The van der Waals surface area contributed by atoms with Gasteiger partial charge in [0.25, 0.3) is 0 Å². The lowest BCUT2D eigenvalue weighted by atomic mass is 9.80. The number of fused-ring (bicyclic) bond motifs is 1. The molecule has 1 aromatic carbocycles. The Morgan fingerprint density at radius 1 is 1.14 bits per heavy atom. The number of imidazole rings is 1. The van der Waals surface area contributed by atoms with E-state index in [9.17, 15) is 14.3 Å². The fourth-order valence-electron chi connectivity index (χ4n) is 6.82. The second kappa shape index (κ2) is 10.5. The largest absolute Gasteiger partial charge is 0.480 e. The summed E-state index contributed by atoms with van der Waals surface area (Å²) in [7, 11) is 0. The van der Waals surface area contributed by atoms with Crippen LogP contribution in [-0.2, 0) is 4.79 Å². The third kappa shape index (κ3) is 5.14. The van der Waals surface area contributed by atoms with Gasteiger partial charge in [-0.2, -0.15) is 0 Å². The van der Waals surface area contributed by atoms with Crippen LogP contribution in [0.1, 0.15) is 61.6 Å². The summed E-state index contributed by atoms with van der Waals surface area (Å²) in [5.41, 5.74) is 3.13. The fourth-order valence-corrected chi connectivity index (χ4v) is 6.82. The molecule has 0 amide bonds. The highest BCUT2D eigenvalue weighted by atomic mass is 19.1. The van der Waals surface area contributed by atoms with Gasteiger partial charge in [0.1, 0.15) is 11.9 Å². The number of nitrogens with zero attached hydrogens (tertiary/aromatic N) is 5. The molecule has 3 aliphatic rings. The lowest BCUT2D eigenvalue weighted by Gasteiger charge is -2.35. The molecule has 4 heterocycles. The fraction of sp³-hybridized carbons (Fsp3) is 0.552. The topological polar surface area (TPSA) is 74.0 Å². The first-order valence-corrected chi connectivity index (χ1v) is 13.8. The molecule has 7 nitrogen and oxygen atoms in total. The number of hydrogen-bond acceptors (Lipinski definition) is 5. The average molecular weight is 506 g/mol. The molecular weight excluding hydrogens is 469 g/mol. The molecule has 3 fully saturated rings. The van der Waals surface area contributed by atoms with Crippen molar-refractivity contribution < 1.29 is 14.3 Å². The van der Waals surface area contributed by atoms with Crippen molar-refractivity contribution in [2.45, 2.75) is 56.4 Å². The van der Waals surface area contributed by atoms with Gasteiger partial charge in [-0.3, -0.25) is 14.7 Å². The second-order valence-electron chi connectivity index (χ2n) is 11.3. The van der Waals surface area contributed by atoms with Crippen LogP contribution < -0.4 is 0 Å². The highest BCUT2D eigenvalue weighted by molar-refractivity contribution is 5.73. The van der Waals surface area contributed by atoms with Crippen molar-refractivity contribution in [1.82, 2.24) is 24.2 Å². The van der Waals surface area contributed by atoms with Crippen LogP contribution in [0.5, 0.6) is 0 Å². The average Bonchev–Trinajstić information content (AvgIpc) is 3.48. The summed E-state index contributed by atoms with van der Waals surface area (Å²) in [6, 6.07) is 6.49. The molecule has 37 heavy (non-hydrogen) atoms. The summed E-state index contributed by atoms with van der Waals surface area (Å²) in [6.07, 6.45) is 14.0. The molecule has 1 saturated carbocycles. The van der Waals surface area contributed by atoms with E-state index in [4.69, 9.17) is 0 Å². The molecule has 2 aliphatic heterocycles. The number of carbonyl (C=O) groups is 1. The summed E-state index contributed by atoms with van der Waals surface area (Å²) in [5.74, 6) is 0.484. The van der Waals surface area contributed by atoms with E-state index >= 15 is 0 Å². The van der Waals surface area contributed by atoms with Gasteiger partial charge in [0.05, 0.1) is 6.20 Å². The molecule has 196 valence electrons. The van der Waals surface area contributed by atoms with E-state index in [0.29, 0.717) is 18.4 Å². The molecule has 3 aromatic rings. The normalized spacial score (nSPS) is 24.9. The van der Waals surface area contributed by atoms with Crippen LogP contribution in [-0.4, -0.2) is 74.0 Å². The van der Waals surface area contributed by atoms with Gasteiger partial charge >= 0.3 is 5.97 Å². The van der Waals surface area contributed by atoms with Crippen molar-refractivity contribution in [2.75, 3.05) is 32.7 Å². The van der Waals surface area contributed by atoms with Crippen molar-refractivity contribution in [3.63, 3.8) is 0 Å². The first-order valence-electron chi connectivity index (χ1n) is 13.8. The van der Waals surface area contributed by atoms with Gasteiger partial charge in [0.15, 0.2) is 5.65 Å². The lowest BCUT2D eigenvalue weighted by molar-refractivity contribution is -0.144. The van der Waals surface area contributed by atoms with Crippen LogP contribution in [0, 0.1) is 17.7 Å². The van der Waals surface area contributed by atoms with Gasteiger partial charge < -0.3 is 14.4 Å². The minimum absolute atomic E-state index is 0.142. The predicted octanol–water partition coefficient (Wildman–Crippen LogP) is 4.41. The van der Waals surface area contributed by atoms with Crippen molar-refractivity contribution in [1.29, 1.82) is 0 Å². The molecule has 8 heteroatoms. The maximum atomic E-state index is 14.2. The van der Waals surface area contributed by atoms with Gasteiger partial charge in [0, 0.05) is 55.8 Å². The molecule has 2 aromatic heterocycles. The summed E-state index contributed by atoms with van der Waals surface area (Å²) in [4.78, 5) is 25.7. The van der Waals surface area contributed by atoms with E-state index in [1.54, 1.807) is 24.5 Å². The number of benzene rings is 1. The molecule has 1 aliphatic carbocycles. The Morgan fingerprint density at radius 2 is 1.97 bits per heavy atom. The highest BCUT2D eigenvalue weighted by Gasteiger charge is 2.41. The second-order valence-corrected chi connectivity index (χ2v) is 11.3. The number of halogens is 1. The first-order chi connectivity index (χ1) is 18.0. The zero-order valence-corrected chi connectivity index (χ0v) is 21.3. The van der Waals surface area contributed by atoms with Crippen molar-refractivity contribution >= 4 is 11.6 Å². The quantitative estimate of drug-likeness (QED) is 0.489. The molecule has 0 spiro atoms. The van der Waals surface area contributed by atoms with E-state index in [1.165, 1.54) is 18.2 Å². The lowest BCUT2D eigenvalue weighted by Crippen LogP contribution is -2.43. The summed E-state index contributed by atoms with van der Waals surface area (Å²) < 4.78 is 16.3. The van der Waals surface area contributed by atoms with E-state index in [2.05, 4.69) is 24.2 Å². The van der Waals surface area contributed by atoms with Gasteiger partial charge in [-0.15, -0.1) is 0 Å². The Hall–Kier alpha value is -2.84. The Bertz CT molecular complexity index is 1240. The molecule has 2 saturated heterocycles. The van der Waals surface area contributed by atoms with Crippen LogP contribution in [0.2, 0.25) is 0 Å². The van der Waals surface area contributed by atoms with Gasteiger partial charge in [0.2, 0.25) is 0 Å². The molecule has 1 N–H and O–H groups in total. The Kier molecular flexibility index (Phi) is 6.95. The number of rotatable bonds is 8. The number of carboxylic acid groups (broad SMARTS) is 1. The first kappa shape index (κ1) is 24.5. The van der Waals surface area contributed by atoms with Crippen LogP contribution >= 0.6 is 0 Å². The smallest absolute Gasteiger partial charge is 0.320 e. The van der Waals surface area contributed by atoms with Gasteiger partial charge in [-0.05, 0) is 61.9 Å². The number of hydrogen-bond donors (Lipinski definition) is 1. The Balaban J connectivity index is 1.15. The number of carboxylic acids is 1. The van der Waals surface area contributed by atoms with Crippen LogP contribution in [0.4, 0.5) is 4.39 Å². The van der Waals surface area contributed by atoms with E-state index in [0.717, 1.165) is 69.5 Å². The number of piperidine rings is 1. The van der Waals surface area contributed by atoms with E-state index in [1.807, 2.05) is 18.5 Å². The SMILES string of the molecule is O=C(O)[C@@H](CC1CCC1)N1C[C@H](CN2CCC(c3cnc4cnccn34)CC2)[C@@H](c2cccc(F)c2)C1. The van der Waals surface area contributed by atoms with E-state index in [-0.39, 0.29) is 17.7 Å². The third-order valence-corrected chi connectivity index (χ3v) is 9.10. The zero-order chi connectivity index (χ0) is 25.4. The van der Waals surface area contributed by atoms with Crippen LogP contribution in [0.3, 0.4) is 0 Å². The number of likely N-dealkylation sites (tertiary alicyclic amines) is 2. The summed E-state index contributed by atoms with van der Waals surface area (Å²) >= 11 is 0. The van der Waals surface area contributed by atoms with Crippen molar-refractivity contribution in [3.05, 3.63) is 66.1 Å². The Labute approximate surface area is 217 Å². The molecular formula is C29H36FN5O2. The molecule has 0 radical (unpaired) electrons. The van der Waals surface area contributed by atoms with Gasteiger partial charge in [-0.1, -0.05) is 31.4 Å². The van der Waals surface area contributed by atoms with Crippen molar-refractivity contribution in [3.8, 4) is 0 Å². The summed E-state index contributed by atoms with van der Waals surface area (Å²) in [6.45, 7) is 4.35. The Morgan fingerprint density at radius 3 is 2.70 bits per heavy atom. The van der Waals surface area contributed by atoms with Crippen LogP contribution in [0.15, 0.2) is 49.1 Å². The maximum Gasteiger partial charge on any atom is 0.320 e. The minimum Gasteiger partial charge on any atom is -0.480 e. The number of aromatic nitrogens is 3. The monoisotopic (exact) mass is 505 g/mol. The maximum absolute atomic E-state index is 14.2. The highest BCUT2D eigenvalue weighted by Crippen LogP contribution is 2.39. The molecule has 0 unspecified atom stereocenters. The van der Waals surface area contributed by atoms with Gasteiger partial charge in [-0.25, -0.2) is 9.37 Å². The molecule has 6 rings (SSSR count). The zero-order valence-electron chi connectivity index (χ0n) is 21.3. The number of aliphatic carboxylic acids is 1. The van der Waals surface area contributed by atoms with Crippen molar-refractivity contribution in [2.24, 2.45) is 11.8 Å². The third-order valence-electron chi connectivity index (χ3n) is 9.10. The standard InChI is InChI=1S/C29H36FN5O2/c30-24-6-2-5-22(14-24)25-19-34(26(29(36)37)13-20-3-1-4-20)18-23(25)17-33-10-7-21(8-11-33)27-15-32-28-16-31-9-12-35(27)28/h2,5-6,9,12,14-16,20-21,23,25-26H,1,3-4,7-8,10-11,13,17-19H2,(H,36,37)/t23-,25+,26+/m0/s1. The van der Waals surface area contributed by atoms with E-state index < -0.39 is 12.0 Å².